The van der Waals surface area contributed by atoms with E-state index in [1.807, 2.05) is 4.90 Å². The number of hydrogen-bond donors (Lipinski definition) is 0. The zero-order valence-electron chi connectivity index (χ0n) is 17.8. The number of benzene rings is 2. The SMILES string of the molecule is COc1ccc(C(=O)N2CCN(c3nccc(Oc4ccc(F)cc4)n3)CC2)c(OC)c1. The summed E-state index contributed by atoms with van der Waals surface area (Å²) in [5, 5.41) is 0. The van der Waals surface area contributed by atoms with Crippen LogP contribution in [0.5, 0.6) is 23.1 Å². The van der Waals surface area contributed by atoms with Crippen molar-refractivity contribution in [2.45, 2.75) is 0 Å². The molecule has 4 rings (SSSR count). The summed E-state index contributed by atoms with van der Waals surface area (Å²) >= 11 is 0. The number of carbonyl (C=O) groups excluding carboxylic acids is 1. The van der Waals surface area contributed by atoms with Crippen LogP contribution >= 0.6 is 0 Å². The van der Waals surface area contributed by atoms with Gasteiger partial charge in [-0.05, 0) is 36.4 Å². The molecule has 0 saturated carbocycles. The quantitative estimate of drug-likeness (QED) is 0.584. The van der Waals surface area contributed by atoms with Crippen LogP contribution in [0.15, 0.2) is 54.7 Å². The van der Waals surface area contributed by atoms with Crippen LogP contribution in [0, 0.1) is 5.82 Å². The summed E-state index contributed by atoms with van der Waals surface area (Å²) in [5.41, 5.74) is 0.493. The summed E-state index contributed by atoms with van der Waals surface area (Å²) in [5.74, 6) is 2.04. The molecule has 1 aliphatic heterocycles. The number of piperazine rings is 1. The van der Waals surface area contributed by atoms with Crippen molar-refractivity contribution in [3.05, 3.63) is 66.1 Å². The fraction of sp³-hybridized carbons (Fsp3) is 0.261. The van der Waals surface area contributed by atoms with Crippen LogP contribution in [0.1, 0.15) is 10.4 Å². The Morgan fingerprint density at radius 2 is 1.66 bits per heavy atom. The number of hydrogen-bond acceptors (Lipinski definition) is 7. The van der Waals surface area contributed by atoms with E-state index in [0.29, 0.717) is 60.8 Å². The molecule has 9 heteroatoms. The first-order valence-corrected chi connectivity index (χ1v) is 10.1. The van der Waals surface area contributed by atoms with Gasteiger partial charge in [0.25, 0.3) is 5.91 Å². The maximum absolute atomic E-state index is 13.1. The van der Waals surface area contributed by atoms with Crippen LogP contribution in [0.4, 0.5) is 10.3 Å². The molecule has 1 aliphatic rings. The molecule has 0 N–H and O–H groups in total. The highest BCUT2D eigenvalue weighted by molar-refractivity contribution is 5.97. The van der Waals surface area contributed by atoms with Gasteiger partial charge in [0.1, 0.15) is 23.1 Å². The number of anilines is 1. The van der Waals surface area contributed by atoms with Gasteiger partial charge in [-0.25, -0.2) is 9.37 Å². The molecule has 166 valence electrons. The van der Waals surface area contributed by atoms with Crippen LogP contribution < -0.4 is 19.1 Å². The molecule has 0 atom stereocenters. The molecule has 0 aliphatic carbocycles. The molecule has 1 aromatic heterocycles. The Labute approximate surface area is 185 Å². The van der Waals surface area contributed by atoms with Crippen molar-refractivity contribution in [3.8, 4) is 23.1 Å². The lowest BCUT2D eigenvalue weighted by Gasteiger charge is -2.35. The van der Waals surface area contributed by atoms with E-state index >= 15 is 0 Å². The van der Waals surface area contributed by atoms with E-state index in [0.717, 1.165) is 0 Å². The number of nitrogens with zero attached hydrogens (tertiary/aromatic N) is 4. The maximum Gasteiger partial charge on any atom is 0.257 e. The van der Waals surface area contributed by atoms with Crippen molar-refractivity contribution in [2.75, 3.05) is 45.3 Å². The monoisotopic (exact) mass is 438 g/mol. The van der Waals surface area contributed by atoms with E-state index in [1.165, 1.54) is 31.4 Å². The number of halogens is 1. The van der Waals surface area contributed by atoms with Crippen molar-refractivity contribution in [3.63, 3.8) is 0 Å². The largest absolute Gasteiger partial charge is 0.497 e. The van der Waals surface area contributed by atoms with Gasteiger partial charge in [-0.15, -0.1) is 0 Å². The third kappa shape index (κ3) is 4.72. The number of aromatic nitrogens is 2. The highest BCUT2D eigenvalue weighted by Crippen LogP contribution is 2.27. The highest BCUT2D eigenvalue weighted by atomic mass is 19.1. The van der Waals surface area contributed by atoms with Gasteiger partial charge in [0.05, 0.1) is 19.8 Å². The molecule has 8 nitrogen and oxygen atoms in total. The Hall–Kier alpha value is -3.88. The predicted molar refractivity (Wildman–Crippen MR) is 116 cm³/mol. The van der Waals surface area contributed by atoms with Gasteiger partial charge < -0.3 is 24.0 Å². The Bertz CT molecular complexity index is 1090. The molecule has 0 spiro atoms. The average molecular weight is 438 g/mol. The summed E-state index contributed by atoms with van der Waals surface area (Å²) in [6.45, 7) is 2.18. The van der Waals surface area contributed by atoms with E-state index in [9.17, 15) is 9.18 Å². The van der Waals surface area contributed by atoms with E-state index in [-0.39, 0.29) is 11.7 Å². The highest BCUT2D eigenvalue weighted by Gasteiger charge is 2.26. The Morgan fingerprint density at radius 3 is 2.34 bits per heavy atom. The van der Waals surface area contributed by atoms with Gasteiger partial charge in [-0.2, -0.15) is 4.98 Å². The lowest BCUT2D eigenvalue weighted by molar-refractivity contribution is 0.0742. The van der Waals surface area contributed by atoms with Crippen LogP contribution in [-0.2, 0) is 0 Å². The second kappa shape index (κ2) is 9.51. The van der Waals surface area contributed by atoms with E-state index < -0.39 is 0 Å². The number of amides is 1. The average Bonchev–Trinajstić information content (AvgIpc) is 2.85. The Morgan fingerprint density at radius 1 is 0.938 bits per heavy atom. The molecule has 2 heterocycles. The van der Waals surface area contributed by atoms with Crippen molar-refractivity contribution >= 4 is 11.9 Å². The van der Waals surface area contributed by atoms with Crippen molar-refractivity contribution < 1.29 is 23.4 Å². The minimum Gasteiger partial charge on any atom is -0.497 e. The number of carbonyl (C=O) groups is 1. The zero-order chi connectivity index (χ0) is 22.5. The molecular weight excluding hydrogens is 415 g/mol. The number of methoxy groups -OCH3 is 2. The summed E-state index contributed by atoms with van der Waals surface area (Å²) in [7, 11) is 3.10. The standard InChI is InChI=1S/C23H23FN4O4/c1-30-18-7-8-19(20(15-18)31-2)22(29)27-11-13-28(14-12-27)23-25-10-9-21(26-23)32-17-5-3-16(24)4-6-17/h3-10,15H,11-14H2,1-2H3. The van der Waals surface area contributed by atoms with E-state index in [4.69, 9.17) is 14.2 Å². The minimum atomic E-state index is -0.333. The van der Waals surface area contributed by atoms with Gasteiger partial charge in [-0.1, -0.05) is 0 Å². The maximum atomic E-state index is 13.1. The van der Waals surface area contributed by atoms with E-state index in [2.05, 4.69) is 9.97 Å². The van der Waals surface area contributed by atoms with Gasteiger partial charge in [0.15, 0.2) is 0 Å². The topological polar surface area (TPSA) is 77.0 Å². The second-order valence-electron chi connectivity index (χ2n) is 7.10. The normalized spacial score (nSPS) is 13.6. The van der Waals surface area contributed by atoms with Crippen LogP contribution in [-0.4, -0.2) is 61.2 Å². The second-order valence-corrected chi connectivity index (χ2v) is 7.10. The molecule has 0 bridgehead atoms. The molecule has 0 unspecified atom stereocenters. The molecule has 1 saturated heterocycles. The first kappa shape index (κ1) is 21.4. The first-order valence-electron chi connectivity index (χ1n) is 10.1. The summed E-state index contributed by atoms with van der Waals surface area (Å²) in [6.07, 6.45) is 1.61. The molecule has 2 aromatic carbocycles. The van der Waals surface area contributed by atoms with Gasteiger partial charge >= 0.3 is 0 Å². The number of ether oxygens (including phenoxy) is 3. The zero-order valence-corrected chi connectivity index (χ0v) is 17.8. The minimum absolute atomic E-state index is 0.0986. The number of rotatable bonds is 6. The fourth-order valence-electron chi connectivity index (χ4n) is 3.42. The van der Waals surface area contributed by atoms with Crippen LogP contribution in [0.25, 0.3) is 0 Å². The molecular formula is C23H23FN4O4. The summed E-state index contributed by atoms with van der Waals surface area (Å²) in [6, 6.07) is 12.5. The van der Waals surface area contributed by atoms with Crippen molar-refractivity contribution in [2.24, 2.45) is 0 Å². The third-order valence-corrected chi connectivity index (χ3v) is 5.14. The Balaban J connectivity index is 1.40. The lowest BCUT2D eigenvalue weighted by atomic mass is 10.1. The molecule has 3 aromatic rings. The summed E-state index contributed by atoms with van der Waals surface area (Å²) in [4.78, 5) is 25.6. The third-order valence-electron chi connectivity index (χ3n) is 5.14. The van der Waals surface area contributed by atoms with Crippen molar-refractivity contribution in [1.82, 2.24) is 14.9 Å². The molecule has 1 amide bonds. The molecule has 1 fully saturated rings. The predicted octanol–water partition coefficient (Wildman–Crippen LogP) is 3.39. The van der Waals surface area contributed by atoms with Gasteiger partial charge in [0.2, 0.25) is 11.8 Å². The van der Waals surface area contributed by atoms with Crippen molar-refractivity contribution in [1.29, 1.82) is 0 Å². The Kier molecular flexibility index (Phi) is 6.34. The first-order chi connectivity index (χ1) is 15.6. The fourth-order valence-corrected chi connectivity index (χ4v) is 3.42. The van der Waals surface area contributed by atoms with Crippen LogP contribution in [0.2, 0.25) is 0 Å². The molecule has 32 heavy (non-hydrogen) atoms. The van der Waals surface area contributed by atoms with Gasteiger partial charge in [0, 0.05) is 44.5 Å². The summed E-state index contributed by atoms with van der Waals surface area (Å²) < 4.78 is 29.3. The lowest BCUT2D eigenvalue weighted by Crippen LogP contribution is -2.49. The van der Waals surface area contributed by atoms with E-state index in [1.54, 1.807) is 42.5 Å². The molecule has 0 radical (unpaired) electrons. The smallest absolute Gasteiger partial charge is 0.257 e. The van der Waals surface area contributed by atoms with Crippen LogP contribution in [0.3, 0.4) is 0 Å². The van der Waals surface area contributed by atoms with Gasteiger partial charge in [-0.3, -0.25) is 4.79 Å².